The number of carbonyl (C=O) groups is 1. The van der Waals surface area contributed by atoms with Crippen molar-refractivity contribution in [1.29, 1.82) is 0 Å². The molecule has 0 spiro atoms. The lowest BCUT2D eigenvalue weighted by Gasteiger charge is -2.20. The SMILES string of the molecule is Cc1ccc(Cl)cc1N(C)C(=O)C1C(c2ccc(S(N)(=O)=O)cc2)C1(C)C. The number of anilines is 1. The zero-order valence-electron chi connectivity index (χ0n) is 15.7. The summed E-state index contributed by atoms with van der Waals surface area (Å²) in [7, 11) is -1.97. The summed E-state index contributed by atoms with van der Waals surface area (Å²) in [5.41, 5.74) is 2.48. The molecule has 0 aromatic heterocycles. The average molecular weight is 407 g/mol. The first-order valence-electron chi connectivity index (χ1n) is 8.61. The van der Waals surface area contributed by atoms with Crippen molar-refractivity contribution in [3.63, 3.8) is 0 Å². The van der Waals surface area contributed by atoms with Gasteiger partial charge in [-0.3, -0.25) is 4.79 Å². The van der Waals surface area contributed by atoms with Gasteiger partial charge in [0.25, 0.3) is 0 Å². The van der Waals surface area contributed by atoms with Gasteiger partial charge >= 0.3 is 0 Å². The van der Waals surface area contributed by atoms with Crippen molar-refractivity contribution in [2.75, 3.05) is 11.9 Å². The van der Waals surface area contributed by atoms with Crippen molar-refractivity contribution < 1.29 is 13.2 Å². The Bertz CT molecular complexity index is 1000. The molecule has 144 valence electrons. The molecule has 1 amide bonds. The van der Waals surface area contributed by atoms with Crippen molar-refractivity contribution in [3.05, 3.63) is 58.6 Å². The van der Waals surface area contributed by atoms with E-state index in [0.29, 0.717) is 5.02 Å². The van der Waals surface area contributed by atoms with Gasteiger partial charge in [-0.05, 0) is 47.7 Å². The van der Waals surface area contributed by atoms with Crippen LogP contribution in [0, 0.1) is 18.3 Å². The lowest BCUT2D eigenvalue weighted by atomic mass is 10.0. The molecule has 0 bridgehead atoms. The standard InChI is InChI=1S/C20H23ClN2O3S/c1-12-5-8-14(21)11-16(12)23(4)19(24)18-17(20(18,2)3)13-6-9-15(10-7-13)27(22,25)26/h5-11,17-18H,1-4H3,(H2,22,25,26). The molecule has 2 atom stereocenters. The number of nitrogens with zero attached hydrogens (tertiary/aromatic N) is 1. The van der Waals surface area contributed by atoms with Gasteiger partial charge in [-0.2, -0.15) is 0 Å². The van der Waals surface area contributed by atoms with Crippen molar-refractivity contribution in [2.45, 2.75) is 31.6 Å². The van der Waals surface area contributed by atoms with Crippen LogP contribution >= 0.6 is 11.6 Å². The highest BCUT2D eigenvalue weighted by Gasteiger charge is 2.62. The number of sulfonamides is 1. The Morgan fingerprint density at radius 2 is 1.74 bits per heavy atom. The van der Waals surface area contributed by atoms with Crippen LogP contribution < -0.4 is 10.0 Å². The van der Waals surface area contributed by atoms with Crippen LogP contribution in [0.5, 0.6) is 0 Å². The number of rotatable bonds is 4. The van der Waals surface area contributed by atoms with E-state index in [-0.39, 0.29) is 28.1 Å². The second-order valence-electron chi connectivity index (χ2n) is 7.72. The summed E-state index contributed by atoms with van der Waals surface area (Å²) in [6.07, 6.45) is 0. The fraction of sp³-hybridized carbons (Fsp3) is 0.350. The molecule has 1 aliphatic carbocycles. The van der Waals surface area contributed by atoms with E-state index in [1.54, 1.807) is 36.2 Å². The van der Waals surface area contributed by atoms with Gasteiger partial charge in [0.05, 0.1) is 10.8 Å². The molecule has 0 saturated heterocycles. The monoisotopic (exact) mass is 406 g/mol. The summed E-state index contributed by atoms with van der Waals surface area (Å²) in [4.78, 5) is 14.9. The van der Waals surface area contributed by atoms with Crippen molar-refractivity contribution in [1.82, 2.24) is 0 Å². The van der Waals surface area contributed by atoms with E-state index >= 15 is 0 Å². The van der Waals surface area contributed by atoms with E-state index in [4.69, 9.17) is 16.7 Å². The Hall–Kier alpha value is -1.89. The van der Waals surface area contributed by atoms with E-state index < -0.39 is 10.0 Å². The third-order valence-corrected chi connectivity index (χ3v) is 6.69. The van der Waals surface area contributed by atoms with E-state index in [1.165, 1.54) is 12.1 Å². The Balaban J connectivity index is 1.87. The smallest absolute Gasteiger partial charge is 0.238 e. The number of carbonyl (C=O) groups excluding carboxylic acids is 1. The molecular formula is C20H23ClN2O3S. The van der Waals surface area contributed by atoms with Crippen LogP contribution in [0.15, 0.2) is 47.4 Å². The van der Waals surface area contributed by atoms with Crippen LogP contribution in [0.4, 0.5) is 5.69 Å². The number of hydrogen-bond donors (Lipinski definition) is 1. The molecule has 5 nitrogen and oxygen atoms in total. The number of primary sulfonamides is 1. The topological polar surface area (TPSA) is 80.5 Å². The molecule has 1 fully saturated rings. The first kappa shape index (κ1) is 19.9. The van der Waals surface area contributed by atoms with Crippen LogP contribution in [-0.2, 0) is 14.8 Å². The number of halogens is 1. The van der Waals surface area contributed by atoms with Gasteiger partial charge in [0.1, 0.15) is 0 Å². The molecule has 3 rings (SSSR count). The van der Waals surface area contributed by atoms with Gasteiger partial charge in [-0.1, -0.05) is 43.6 Å². The predicted molar refractivity (Wildman–Crippen MR) is 107 cm³/mol. The highest BCUT2D eigenvalue weighted by molar-refractivity contribution is 7.89. The van der Waals surface area contributed by atoms with Crippen LogP contribution in [-0.4, -0.2) is 21.4 Å². The maximum Gasteiger partial charge on any atom is 0.238 e. The molecule has 1 aliphatic rings. The summed E-state index contributed by atoms with van der Waals surface area (Å²) in [6.45, 7) is 6.04. The zero-order chi connectivity index (χ0) is 20.1. The van der Waals surface area contributed by atoms with Crippen LogP contribution in [0.2, 0.25) is 5.02 Å². The molecule has 2 N–H and O–H groups in total. The van der Waals surface area contributed by atoms with Crippen molar-refractivity contribution >= 4 is 33.2 Å². The van der Waals surface area contributed by atoms with Crippen LogP contribution in [0.25, 0.3) is 0 Å². The summed E-state index contributed by atoms with van der Waals surface area (Å²) in [5, 5.41) is 5.74. The molecule has 0 radical (unpaired) electrons. The predicted octanol–water partition coefficient (Wildman–Crippen LogP) is 3.70. The van der Waals surface area contributed by atoms with E-state index in [2.05, 4.69) is 0 Å². The summed E-state index contributed by atoms with van der Waals surface area (Å²) >= 11 is 6.10. The van der Waals surface area contributed by atoms with Crippen molar-refractivity contribution in [3.8, 4) is 0 Å². The Labute approximate surface area is 165 Å². The summed E-state index contributed by atoms with van der Waals surface area (Å²) < 4.78 is 22.9. The van der Waals surface area contributed by atoms with E-state index in [0.717, 1.165) is 16.8 Å². The Morgan fingerprint density at radius 3 is 2.30 bits per heavy atom. The first-order chi connectivity index (χ1) is 12.4. The summed E-state index contributed by atoms with van der Waals surface area (Å²) in [6, 6.07) is 11.9. The van der Waals surface area contributed by atoms with Gasteiger partial charge in [-0.15, -0.1) is 0 Å². The second kappa shape index (κ2) is 6.62. The average Bonchev–Trinajstić information content (AvgIpc) is 3.17. The van der Waals surface area contributed by atoms with E-state index in [1.807, 2.05) is 26.8 Å². The van der Waals surface area contributed by atoms with Crippen LogP contribution in [0.3, 0.4) is 0 Å². The molecule has 27 heavy (non-hydrogen) atoms. The second-order valence-corrected chi connectivity index (χ2v) is 9.72. The van der Waals surface area contributed by atoms with Gasteiger partial charge in [0, 0.05) is 23.7 Å². The van der Waals surface area contributed by atoms with Gasteiger partial charge in [-0.25, -0.2) is 13.6 Å². The molecule has 7 heteroatoms. The molecule has 2 aromatic carbocycles. The first-order valence-corrected chi connectivity index (χ1v) is 10.5. The number of nitrogens with two attached hydrogens (primary N) is 1. The maximum absolute atomic E-state index is 13.2. The maximum atomic E-state index is 13.2. The number of hydrogen-bond acceptors (Lipinski definition) is 3. The highest BCUT2D eigenvalue weighted by atomic mass is 35.5. The minimum Gasteiger partial charge on any atom is -0.315 e. The summed E-state index contributed by atoms with van der Waals surface area (Å²) in [5.74, 6) is -0.159. The van der Waals surface area contributed by atoms with Crippen LogP contribution in [0.1, 0.15) is 30.9 Å². The van der Waals surface area contributed by atoms with Crippen molar-refractivity contribution in [2.24, 2.45) is 16.5 Å². The quantitative estimate of drug-likeness (QED) is 0.840. The molecule has 0 heterocycles. The van der Waals surface area contributed by atoms with E-state index in [9.17, 15) is 13.2 Å². The highest BCUT2D eigenvalue weighted by Crippen LogP contribution is 2.65. The number of aryl methyl sites for hydroxylation is 1. The Morgan fingerprint density at radius 1 is 1.15 bits per heavy atom. The molecule has 1 saturated carbocycles. The molecule has 0 aliphatic heterocycles. The van der Waals surface area contributed by atoms with Gasteiger partial charge < -0.3 is 4.90 Å². The molecule has 2 unspecified atom stereocenters. The minimum atomic E-state index is -3.73. The third kappa shape index (κ3) is 3.61. The molecular weight excluding hydrogens is 384 g/mol. The van der Waals surface area contributed by atoms with Gasteiger partial charge in [0.15, 0.2) is 0 Å². The lowest BCUT2D eigenvalue weighted by Crippen LogP contribution is -2.30. The minimum absolute atomic E-state index is 0.0152. The normalized spacial score (nSPS) is 21.0. The fourth-order valence-corrected chi connectivity index (χ4v) is 4.54. The largest absolute Gasteiger partial charge is 0.315 e. The fourth-order valence-electron chi connectivity index (χ4n) is 3.86. The van der Waals surface area contributed by atoms with Gasteiger partial charge in [0.2, 0.25) is 15.9 Å². The number of amides is 1. The third-order valence-electron chi connectivity index (χ3n) is 5.52. The Kier molecular flexibility index (Phi) is 4.87. The number of benzene rings is 2. The lowest BCUT2D eigenvalue weighted by molar-refractivity contribution is -0.120. The zero-order valence-corrected chi connectivity index (χ0v) is 17.3. The molecule has 2 aromatic rings.